The van der Waals surface area contributed by atoms with Gasteiger partial charge in [0.2, 0.25) is 0 Å². The SMILES string of the molecule is COc1ccc(C2(O)COC2)cc1C(F)(F)F. The standard InChI is InChI=1S/C11H11F3O3/c1-16-9-3-2-7(10(15)5-17-6-10)4-8(9)11(12,13)14/h2-4,15H,5-6H2,1H3. The summed E-state index contributed by atoms with van der Waals surface area (Å²) < 4.78 is 47.7. The molecule has 0 unspecified atom stereocenters. The first kappa shape index (κ1) is 12.2. The van der Waals surface area contributed by atoms with E-state index in [1.54, 1.807) is 0 Å². The zero-order valence-corrected chi connectivity index (χ0v) is 9.04. The van der Waals surface area contributed by atoms with Crippen LogP contribution in [0, 0.1) is 0 Å². The van der Waals surface area contributed by atoms with Crippen LogP contribution in [0.3, 0.4) is 0 Å². The molecule has 0 spiro atoms. The van der Waals surface area contributed by atoms with Crippen LogP contribution in [0.1, 0.15) is 11.1 Å². The lowest BCUT2D eigenvalue weighted by Crippen LogP contribution is -2.46. The second-order valence-corrected chi connectivity index (χ2v) is 3.94. The van der Waals surface area contributed by atoms with Crippen molar-refractivity contribution in [2.45, 2.75) is 11.8 Å². The predicted octanol–water partition coefficient (Wildman–Crippen LogP) is 1.93. The molecule has 1 aliphatic heterocycles. The quantitative estimate of drug-likeness (QED) is 0.869. The number of ether oxygens (including phenoxy) is 2. The Bertz CT molecular complexity index is 424. The van der Waals surface area contributed by atoms with Crippen molar-refractivity contribution in [3.63, 3.8) is 0 Å². The lowest BCUT2D eigenvalue weighted by molar-refractivity contribution is -0.185. The third-order valence-electron chi connectivity index (χ3n) is 2.72. The first-order valence-corrected chi connectivity index (χ1v) is 4.93. The summed E-state index contributed by atoms with van der Waals surface area (Å²) in [4.78, 5) is 0. The third-order valence-corrected chi connectivity index (χ3v) is 2.72. The molecule has 6 heteroatoms. The lowest BCUT2D eigenvalue weighted by Gasteiger charge is -2.37. The molecule has 1 saturated heterocycles. The van der Waals surface area contributed by atoms with Crippen LogP contribution in [0.4, 0.5) is 13.2 Å². The molecule has 17 heavy (non-hydrogen) atoms. The van der Waals surface area contributed by atoms with E-state index in [0.29, 0.717) is 0 Å². The molecule has 1 aromatic carbocycles. The fraction of sp³-hybridized carbons (Fsp3) is 0.455. The molecular formula is C11H11F3O3. The molecule has 1 fully saturated rings. The minimum atomic E-state index is -4.51. The minimum absolute atomic E-state index is 0.0105. The van der Waals surface area contributed by atoms with Gasteiger partial charge in [-0.2, -0.15) is 13.2 Å². The van der Waals surface area contributed by atoms with Gasteiger partial charge in [0, 0.05) is 0 Å². The van der Waals surface area contributed by atoms with E-state index in [-0.39, 0.29) is 24.5 Å². The highest BCUT2D eigenvalue weighted by atomic mass is 19.4. The molecule has 0 atom stereocenters. The van der Waals surface area contributed by atoms with Crippen LogP contribution >= 0.6 is 0 Å². The van der Waals surface area contributed by atoms with Gasteiger partial charge in [0.05, 0.1) is 25.9 Å². The number of hydrogen-bond donors (Lipinski definition) is 1. The highest BCUT2D eigenvalue weighted by Crippen LogP contribution is 2.39. The van der Waals surface area contributed by atoms with Crippen molar-refractivity contribution >= 4 is 0 Å². The van der Waals surface area contributed by atoms with Crippen molar-refractivity contribution in [2.75, 3.05) is 20.3 Å². The third kappa shape index (κ3) is 2.10. The van der Waals surface area contributed by atoms with Gasteiger partial charge in [-0.3, -0.25) is 0 Å². The Morgan fingerprint density at radius 3 is 2.41 bits per heavy atom. The summed E-state index contributed by atoms with van der Waals surface area (Å²) in [5.41, 5.74) is -2.01. The van der Waals surface area contributed by atoms with Crippen LogP contribution in [-0.4, -0.2) is 25.4 Å². The molecule has 94 valence electrons. The van der Waals surface area contributed by atoms with Gasteiger partial charge in [0.15, 0.2) is 0 Å². The Kier molecular flexibility index (Phi) is 2.79. The van der Waals surface area contributed by atoms with Gasteiger partial charge in [0.1, 0.15) is 11.4 Å². The number of methoxy groups -OCH3 is 1. The highest BCUT2D eigenvalue weighted by Gasteiger charge is 2.41. The highest BCUT2D eigenvalue weighted by molar-refractivity contribution is 5.41. The summed E-state index contributed by atoms with van der Waals surface area (Å²) >= 11 is 0. The molecule has 1 aromatic rings. The predicted molar refractivity (Wildman–Crippen MR) is 52.7 cm³/mol. The summed E-state index contributed by atoms with van der Waals surface area (Å²) in [5, 5.41) is 9.90. The Morgan fingerprint density at radius 2 is 2.00 bits per heavy atom. The summed E-state index contributed by atoms with van der Waals surface area (Å²) in [5.74, 6) is -0.259. The maximum atomic E-state index is 12.7. The minimum Gasteiger partial charge on any atom is -0.496 e. The van der Waals surface area contributed by atoms with Gasteiger partial charge < -0.3 is 14.6 Å². The average Bonchev–Trinajstić information content (AvgIpc) is 2.24. The molecule has 0 radical (unpaired) electrons. The lowest BCUT2D eigenvalue weighted by atomic mass is 9.90. The van der Waals surface area contributed by atoms with E-state index in [0.717, 1.165) is 6.07 Å². The zero-order chi connectivity index (χ0) is 12.7. The number of aliphatic hydroxyl groups is 1. The molecule has 1 aliphatic rings. The van der Waals surface area contributed by atoms with E-state index >= 15 is 0 Å². The van der Waals surface area contributed by atoms with E-state index in [1.807, 2.05) is 0 Å². The van der Waals surface area contributed by atoms with Gasteiger partial charge in [-0.25, -0.2) is 0 Å². The molecule has 0 saturated carbocycles. The molecule has 0 bridgehead atoms. The molecule has 1 heterocycles. The fourth-order valence-corrected chi connectivity index (χ4v) is 1.68. The number of hydrogen-bond acceptors (Lipinski definition) is 3. The van der Waals surface area contributed by atoms with Crippen molar-refractivity contribution in [3.8, 4) is 5.75 Å². The van der Waals surface area contributed by atoms with Gasteiger partial charge in [-0.05, 0) is 17.7 Å². The summed E-state index contributed by atoms with van der Waals surface area (Å²) in [7, 11) is 1.17. The van der Waals surface area contributed by atoms with Crippen LogP contribution in [0.2, 0.25) is 0 Å². The zero-order valence-electron chi connectivity index (χ0n) is 9.04. The summed E-state index contributed by atoms with van der Waals surface area (Å²) in [6.07, 6.45) is -4.51. The number of halogens is 3. The number of benzene rings is 1. The first-order chi connectivity index (χ1) is 7.87. The fourth-order valence-electron chi connectivity index (χ4n) is 1.68. The summed E-state index contributed by atoms with van der Waals surface area (Å²) in [6.45, 7) is 0.0211. The van der Waals surface area contributed by atoms with Crippen LogP contribution < -0.4 is 4.74 Å². The van der Waals surface area contributed by atoms with E-state index in [1.165, 1.54) is 19.2 Å². The molecule has 3 nitrogen and oxygen atoms in total. The molecule has 0 aliphatic carbocycles. The number of rotatable bonds is 2. The van der Waals surface area contributed by atoms with Crippen LogP contribution in [-0.2, 0) is 16.5 Å². The van der Waals surface area contributed by atoms with Crippen molar-refractivity contribution < 1.29 is 27.8 Å². The Balaban J connectivity index is 2.45. The van der Waals surface area contributed by atoms with Crippen LogP contribution in [0.15, 0.2) is 18.2 Å². The van der Waals surface area contributed by atoms with Gasteiger partial charge in [0.25, 0.3) is 0 Å². The van der Waals surface area contributed by atoms with Crippen molar-refractivity contribution in [1.29, 1.82) is 0 Å². The van der Waals surface area contributed by atoms with Crippen LogP contribution in [0.25, 0.3) is 0 Å². The van der Waals surface area contributed by atoms with Gasteiger partial charge in [-0.15, -0.1) is 0 Å². The largest absolute Gasteiger partial charge is 0.496 e. The molecule has 0 aromatic heterocycles. The second kappa shape index (κ2) is 3.89. The van der Waals surface area contributed by atoms with Crippen molar-refractivity contribution in [3.05, 3.63) is 29.3 Å². The molecular weight excluding hydrogens is 237 g/mol. The molecule has 2 rings (SSSR count). The van der Waals surface area contributed by atoms with E-state index < -0.39 is 17.3 Å². The van der Waals surface area contributed by atoms with Gasteiger partial charge in [-0.1, -0.05) is 6.07 Å². The Labute approximate surface area is 95.8 Å². The molecule has 1 N–H and O–H groups in total. The topological polar surface area (TPSA) is 38.7 Å². The van der Waals surface area contributed by atoms with Gasteiger partial charge >= 0.3 is 6.18 Å². The van der Waals surface area contributed by atoms with E-state index in [2.05, 4.69) is 4.74 Å². The van der Waals surface area contributed by atoms with Crippen LogP contribution in [0.5, 0.6) is 5.75 Å². The second-order valence-electron chi connectivity index (χ2n) is 3.94. The first-order valence-electron chi connectivity index (χ1n) is 4.93. The monoisotopic (exact) mass is 248 g/mol. The average molecular weight is 248 g/mol. The summed E-state index contributed by atoms with van der Waals surface area (Å²) in [6, 6.07) is 3.52. The Morgan fingerprint density at radius 1 is 1.35 bits per heavy atom. The van der Waals surface area contributed by atoms with Crippen molar-refractivity contribution in [1.82, 2.24) is 0 Å². The van der Waals surface area contributed by atoms with Crippen molar-refractivity contribution in [2.24, 2.45) is 0 Å². The normalized spacial score (nSPS) is 18.6. The number of alkyl halides is 3. The maximum Gasteiger partial charge on any atom is 0.419 e. The van der Waals surface area contributed by atoms with E-state index in [4.69, 9.17) is 4.74 Å². The Hall–Kier alpha value is -1.27. The maximum absolute atomic E-state index is 12.7. The smallest absolute Gasteiger partial charge is 0.419 e. The van der Waals surface area contributed by atoms with E-state index in [9.17, 15) is 18.3 Å². The molecule has 0 amide bonds.